The number of carbonyl (C=O) groups excluding carboxylic acids is 4. The fourth-order valence-corrected chi connectivity index (χ4v) is 3.11. The molecular formula is C26H35N5O6. The molecule has 0 saturated carbocycles. The number of carbonyl (C=O) groups is 4. The van der Waals surface area contributed by atoms with Crippen molar-refractivity contribution in [1.82, 2.24) is 21.4 Å². The van der Waals surface area contributed by atoms with Crippen LogP contribution in [0.15, 0.2) is 54.6 Å². The molecule has 11 nitrogen and oxygen atoms in total. The van der Waals surface area contributed by atoms with Crippen LogP contribution in [0.3, 0.4) is 0 Å². The van der Waals surface area contributed by atoms with Gasteiger partial charge in [0.1, 0.15) is 30.0 Å². The van der Waals surface area contributed by atoms with E-state index < -0.39 is 41.5 Å². The third-order valence-corrected chi connectivity index (χ3v) is 4.96. The standard InChI is InChI=1S/C26H35N5O6/c1-17(23(33)28-15-22(32)31-27)29-24(34)21(30-25(35)37-26(2,3)4)14-18-10-12-20(13-11-18)36-16-19-8-6-5-7-9-19/h5-13,17,21H,14-16,27H2,1-4H3,(H,28,33)(H,29,34)(H,30,35)(H,31,32). The lowest BCUT2D eigenvalue weighted by Gasteiger charge is -2.24. The van der Waals surface area contributed by atoms with Crippen molar-refractivity contribution >= 4 is 23.8 Å². The molecule has 0 bridgehead atoms. The predicted molar refractivity (Wildman–Crippen MR) is 137 cm³/mol. The summed E-state index contributed by atoms with van der Waals surface area (Å²) < 4.78 is 11.1. The zero-order chi connectivity index (χ0) is 27.4. The maximum absolute atomic E-state index is 13.0. The molecule has 200 valence electrons. The molecule has 0 spiro atoms. The molecule has 0 radical (unpaired) electrons. The SMILES string of the molecule is CC(NC(=O)C(Cc1ccc(OCc2ccccc2)cc1)NC(=O)OC(C)(C)C)C(=O)NCC(=O)NN. The van der Waals surface area contributed by atoms with Gasteiger partial charge in [0.2, 0.25) is 11.8 Å². The molecule has 2 rings (SSSR count). The molecule has 0 aliphatic rings. The van der Waals surface area contributed by atoms with E-state index in [1.165, 1.54) is 6.92 Å². The maximum atomic E-state index is 13.0. The molecular weight excluding hydrogens is 478 g/mol. The number of nitrogens with two attached hydrogens (primary N) is 1. The number of benzene rings is 2. The molecule has 2 aromatic rings. The van der Waals surface area contributed by atoms with Gasteiger partial charge in [-0.1, -0.05) is 42.5 Å². The van der Waals surface area contributed by atoms with Gasteiger partial charge in [0.15, 0.2) is 0 Å². The van der Waals surface area contributed by atoms with Crippen LogP contribution in [0.25, 0.3) is 0 Å². The number of hydrogen-bond donors (Lipinski definition) is 5. The summed E-state index contributed by atoms with van der Waals surface area (Å²) in [4.78, 5) is 48.9. The third kappa shape index (κ3) is 11.0. The summed E-state index contributed by atoms with van der Waals surface area (Å²) in [5, 5.41) is 7.48. The lowest BCUT2D eigenvalue weighted by molar-refractivity contribution is -0.130. The maximum Gasteiger partial charge on any atom is 0.408 e. The Hall–Kier alpha value is -4.12. The Kier molecular flexibility index (Phi) is 10.9. The van der Waals surface area contributed by atoms with Gasteiger partial charge in [-0.3, -0.25) is 19.8 Å². The van der Waals surface area contributed by atoms with Crippen molar-refractivity contribution in [3.8, 4) is 5.75 Å². The van der Waals surface area contributed by atoms with Gasteiger partial charge in [-0.25, -0.2) is 10.6 Å². The van der Waals surface area contributed by atoms with E-state index in [-0.39, 0.29) is 13.0 Å². The number of amides is 4. The van der Waals surface area contributed by atoms with E-state index in [1.54, 1.807) is 45.0 Å². The summed E-state index contributed by atoms with van der Waals surface area (Å²) in [5.74, 6) is 3.87. The van der Waals surface area contributed by atoms with Gasteiger partial charge >= 0.3 is 6.09 Å². The summed E-state index contributed by atoms with van der Waals surface area (Å²) in [6.07, 6.45) is -0.638. The smallest absolute Gasteiger partial charge is 0.408 e. The number of hydrogen-bond acceptors (Lipinski definition) is 7. The number of hydrazine groups is 1. The fraction of sp³-hybridized carbons (Fsp3) is 0.385. The first-order valence-electron chi connectivity index (χ1n) is 11.8. The number of nitrogens with one attached hydrogen (secondary N) is 4. The highest BCUT2D eigenvalue weighted by atomic mass is 16.6. The van der Waals surface area contributed by atoms with Gasteiger partial charge in [-0.05, 0) is 51.0 Å². The fourth-order valence-electron chi connectivity index (χ4n) is 3.11. The van der Waals surface area contributed by atoms with Crippen molar-refractivity contribution in [3.63, 3.8) is 0 Å². The first-order chi connectivity index (χ1) is 17.5. The minimum atomic E-state index is -1.03. The van der Waals surface area contributed by atoms with Crippen molar-refractivity contribution in [3.05, 3.63) is 65.7 Å². The van der Waals surface area contributed by atoms with Gasteiger partial charge in [-0.15, -0.1) is 0 Å². The Morgan fingerprint density at radius 2 is 1.54 bits per heavy atom. The Balaban J connectivity index is 2.05. The average Bonchev–Trinajstić information content (AvgIpc) is 2.85. The van der Waals surface area contributed by atoms with E-state index in [9.17, 15) is 19.2 Å². The van der Waals surface area contributed by atoms with E-state index in [2.05, 4.69) is 16.0 Å². The Labute approximate surface area is 216 Å². The Morgan fingerprint density at radius 3 is 2.14 bits per heavy atom. The van der Waals surface area contributed by atoms with E-state index in [4.69, 9.17) is 15.3 Å². The van der Waals surface area contributed by atoms with Crippen LogP contribution in [0.5, 0.6) is 5.75 Å². The molecule has 0 heterocycles. The number of rotatable bonds is 11. The molecule has 2 unspecified atom stereocenters. The lowest BCUT2D eigenvalue weighted by atomic mass is 10.0. The first-order valence-corrected chi connectivity index (χ1v) is 11.8. The molecule has 37 heavy (non-hydrogen) atoms. The summed E-state index contributed by atoms with van der Waals surface area (Å²) in [6, 6.07) is 14.9. The van der Waals surface area contributed by atoms with Gasteiger partial charge in [0, 0.05) is 6.42 Å². The predicted octanol–water partition coefficient (Wildman–Crippen LogP) is 1.31. The zero-order valence-corrected chi connectivity index (χ0v) is 21.5. The molecule has 0 saturated heterocycles. The van der Waals surface area contributed by atoms with E-state index in [1.807, 2.05) is 35.8 Å². The van der Waals surface area contributed by atoms with Crippen LogP contribution in [0.1, 0.15) is 38.8 Å². The van der Waals surface area contributed by atoms with Crippen LogP contribution in [0.4, 0.5) is 4.79 Å². The highest BCUT2D eigenvalue weighted by Gasteiger charge is 2.27. The molecule has 0 aliphatic carbocycles. The molecule has 0 aliphatic heterocycles. The minimum Gasteiger partial charge on any atom is -0.489 e. The van der Waals surface area contributed by atoms with Gasteiger partial charge in [0.25, 0.3) is 5.91 Å². The molecule has 6 N–H and O–H groups in total. The summed E-state index contributed by atoms with van der Waals surface area (Å²) in [6.45, 7) is 6.66. The molecule has 4 amide bonds. The van der Waals surface area contributed by atoms with Crippen LogP contribution in [0, 0.1) is 0 Å². The molecule has 2 atom stereocenters. The van der Waals surface area contributed by atoms with Gasteiger partial charge < -0.3 is 25.4 Å². The van der Waals surface area contributed by atoms with Gasteiger partial charge in [0.05, 0.1) is 6.54 Å². The second kappa shape index (κ2) is 13.8. The van der Waals surface area contributed by atoms with Crippen molar-refractivity contribution in [2.45, 2.75) is 58.4 Å². The normalized spacial score (nSPS) is 12.5. The van der Waals surface area contributed by atoms with E-state index in [0.717, 1.165) is 11.1 Å². The second-order valence-electron chi connectivity index (χ2n) is 9.34. The number of ether oxygens (including phenoxy) is 2. The van der Waals surface area contributed by atoms with Crippen molar-refractivity contribution in [2.75, 3.05) is 6.54 Å². The van der Waals surface area contributed by atoms with Crippen LogP contribution in [0.2, 0.25) is 0 Å². The Morgan fingerprint density at radius 1 is 0.892 bits per heavy atom. The van der Waals surface area contributed by atoms with Gasteiger partial charge in [-0.2, -0.15) is 0 Å². The summed E-state index contributed by atoms with van der Waals surface area (Å²) in [7, 11) is 0. The number of alkyl carbamates (subject to hydrolysis) is 1. The molecule has 0 fully saturated rings. The minimum absolute atomic E-state index is 0.133. The van der Waals surface area contributed by atoms with E-state index >= 15 is 0 Å². The largest absolute Gasteiger partial charge is 0.489 e. The summed E-state index contributed by atoms with van der Waals surface area (Å²) in [5.41, 5.74) is 2.91. The first kappa shape index (κ1) is 29.1. The zero-order valence-electron chi connectivity index (χ0n) is 21.5. The van der Waals surface area contributed by atoms with Crippen LogP contribution in [-0.2, 0) is 32.1 Å². The quantitative estimate of drug-likeness (QED) is 0.172. The second-order valence-corrected chi connectivity index (χ2v) is 9.34. The Bertz CT molecular complexity index is 1050. The van der Waals surface area contributed by atoms with Crippen LogP contribution >= 0.6 is 0 Å². The van der Waals surface area contributed by atoms with Crippen molar-refractivity contribution < 1.29 is 28.7 Å². The third-order valence-electron chi connectivity index (χ3n) is 4.96. The molecule has 2 aromatic carbocycles. The lowest BCUT2D eigenvalue weighted by Crippen LogP contribution is -2.54. The average molecular weight is 514 g/mol. The topological polar surface area (TPSA) is 161 Å². The van der Waals surface area contributed by atoms with Crippen molar-refractivity contribution in [1.29, 1.82) is 0 Å². The monoisotopic (exact) mass is 513 g/mol. The van der Waals surface area contributed by atoms with E-state index in [0.29, 0.717) is 12.4 Å². The van der Waals surface area contributed by atoms with Crippen LogP contribution < -0.4 is 32.0 Å². The van der Waals surface area contributed by atoms with Crippen LogP contribution in [-0.4, -0.2) is 48.0 Å². The highest BCUT2D eigenvalue weighted by molar-refractivity contribution is 5.92. The summed E-state index contributed by atoms with van der Waals surface area (Å²) >= 11 is 0. The molecule has 0 aromatic heterocycles. The molecule has 11 heteroatoms. The van der Waals surface area contributed by atoms with Crippen molar-refractivity contribution in [2.24, 2.45) is 5.84 Å². The highest BCUT2D eigenvalue weighted by Crippen LogP contribution is 2.16.